The summed E-state index contributed by atoms with van der Waals surface area (Å²) in [7, 11) is 0. The standard InChI is InChI=1S/C27H42N4O7/c1-7-19(8-2)17-28-22(32)18-31-16-12-14-21(25(31)35)29-24(34)20(30-26(36)38-27(4,5)6)13-10-11-15-23(33)37-9-3/h11-12,14-16,19-20H,7-10,13,17-18H2,1-6H3,(H,28,32)(H,29,34)(H,30,36)/b15-11+. The highest BCUT2D eigenvalue weighted by molar-refractivity contribution is 5.96. The number of pyridine rings is 1. The summed E-state index contributed by atoms with van der Waals surface area (Å²) < 4.78 is 11.3. The van der Waals surface area contributed by atoms with Crippen LogP contribution >= 0.6 is 0 Å². The summed E-state index contributed by atoms with van der Waals surface area (Å²) in [5.74, 6) is -1.10. The van der Waals surface area contributed by atoms with Gasteiger partial charge in [-0.05, 0) is 58.6 Å². The molecule has 1 unspecified atom stereocenters. The molecular weight excluding hydrogens is 492 g/mol. The first kappa shape index (κ1) is 32.4. The van der Waals surface area contributed by atoms with Crippen LogP contribution in [0.5, 0.6) is 0 Å². The van der Waals surface area contributed by atoms with Crippen LogP contribution in [-0.4, -0.2) is 53.2 Å². The minimum absolute atomic E-state index is 0.0386. The van der Waals surface area contributed by atoms with Gasteiger partial charge in [0.25, 0.3) is 5.56 Å². The Hall–Kier alpha value is -3.63. The molecule has 0 saturated carbocycles. The van der Waals surface area contributed by atoms with Gasteiger partial charge in [0.05, 0.1) is 6.61 Å². The van der Waals surface area contributed by atoms with Crippen LogP contribution in [0.4, 0.5) is 10.5 Å². The van der Waals surface area contributed by atoms with Gasteiger partial charge in [-0.2, -0.15) is 0 Å². The molecule has 1 rings (SSSR count). The fraction of sp³-hybridized carbons (Fsp3) is 0.593. The predicted molar refractivity (Wildman–Crippen MR) is 145 cm³/mol. The van der Waals surface area contributed by atoms with Crippen molar-refractivity contribution in [2.24, 2.45) is 5.92 Å². The zero-order valence-corrected chi connectivity index (χ0v) is 23.3. The number of hydrogen-bond acceptors (Lipinski definition) is 7. The Labute approximate surface area is 224 Å². The average molecular weight is 535 g/mol. The lowest BCUT2D eigenvalue weighted by Gasteiger charge is -2.23. The summed E-state index contributed by atoms with van der Waals surface area (Å²) in [6, 6.07) is 1.90. The molecule has 0 aliphatic carbocycles. The number of anilines is 1. The molecule has 1 atom stereocenters. The number of carbonyl (C=O) groups is 4. The van der Waals surface area contributed by atoms with Crippen molar-refractivity contribution in [2.75, 3.05) is 18.5 Å². The highest BCUT2D eigenvalue weighted by Crippen LogP contribution is 2.10. The molecule has 3 amide bonds. The van der Waals surface area contributed by atoms with Crippen LogP contribution in [0.15, 0.2) is 35.3 Å². The highest BCUT2D eigenvalue weighted by Gasteiger charge is 2.25. The van der Waals surface area contributed by atoms with Crippen LogP contribution in [0, 0.1) is 5.92 Å². The summed E-state index contributed by atoms with van der Waals surface area (Å²) in [5.41, 5.74) is -1.38. The predicted octanol–water partition coefficient (Wildman–Crippen LogP) is 3.13. The summed E-state index contributed by atoms with van der Waals surface area (Å²) in [6.45, 7) is 11.4. The Morgan fingerprint density at radius 3 is 2.39 bits per heavy atom. The number of hydrogen-bond donors (Lipinski definition) is 3. The zero-order valence-electron chi connectivity index (χ0n) is 23.3. The second-order valence-corrected chi connectivity index (χ2v) is 9.76. The first-order valence-corrected chi connectivity index (χ1v) is 13.0. The molecule has 1 aromatic heterocycles. The first-order valence-electron chi connectivity index (χ1n) is 13.0. The maximum absolute atomic E-state index is 13.0. The van der Waals surface area contributed by atoms with Crippen LogP contribution in [0.1, 0.15) is 67.2 Å². The van der Waals surface area contributed by atoms with Crippen LogP contribution in [-0.2, 0) is 30.4 Å². The van der Waals surface area contributed by atoms with Crippen LogP contribution in [0.25, 0.3) is 0 Å². The number of nitrogens with one attached hydrogen (secondary N) is 3. The SMILES string of the molecule is CCOC(=O)/C=C/CCC(NC(=O)OC(C)(C)C)C(=O)Nc1cccn(CC(=O)NCC(CC)CC)c1=O. The summed E-state index contributed by atoms with van der Waals surface area (Å²) >= 11 is 0. The molecule has 38 heavy (non-hydrogen) atoms. The molecule has 1 heterocycles. The lowest BCUT2D eigenvalue weighted by Crippen LogP contribution is -2.46. The molecule has 1 aromatic rings. The van der Waals surface area contributed by atoms with Gasteiger partial charge in [-0.25, -0.2) is 9.59 Å². The number of amides is 3. The molecule has 0 aliphatic heterocycles. The molecule has 0 saturated heterocycles. The number of ether oxygens (including phenoxy) is 2. The molecule has 0 spiro atoms. The normalized spacial score (nSPS) is 12.2. The maximum Gasteiger partial charge on any atom is 0.408 e. The van der Waals surface area contributed by atoms with Crippen LogP contribution < -0.4 is 21.5 Å². The summed E-state index contributed by atoms with van der Waals surface area (Å²) in [5, 5.41) is 7.89. The molecule has 11 nitrogen and oxygen atoms in total. The smallest absolute Gasteiger partial charge is 0.408 e. The van der Waals surface area contributed by atoms with E-state index in [2.05, 4.69) is 29.8 Å². The van der Waals surface area contributed by atoms with Crippen molar-refractivity contribution in [3.8, 4) is 0 Å². The van der Waals surface area contributed by atoms with Gasteiger partial charge >= 0.3 is 12.1 Å². The Kier molecular flexibility index (Phi) is 13.9. The van der Waals surface area contributed by atoms with Gasteiger partial charge < -0.3 is 30.0 Å². The minimum atomic E-state index is -1.06. The van der Waals surface area contributed by atoms with E-state index >= 15 is 0 Å². The molecule has 0 aromatic carbocycles. The molecule has 11 heteroatoms. The van der Waals surface area contributed by atoms with Gasteiger partial charge in [0.2, 0.25) is 11.8 Å². The van der Waals surface area contributed by atoms with E-state index < -0.39 is 35.2 Å². The van der Waals surface area contributed by atoms with E-state index in [0.29, 0.717) is 12.5 Å². The maximum atomic E-state index is 13.0. The topological polar surface area (TPSA) is 145 Å². The lowest BCUT2D eigenvalue weighted by atomic mass is 10.0. The molecular formula is C27H42N4O7. The van der Waals surface area contributed by atoms with Crippen molar-refractivity contribution in [3.63, 3.8) is 0 Å². The molecule has 0 aliphatic rings. The Morgan fingerprint density at radius 2 is 1.79 bits per heavy atom. The van der Waals surface area contributed by atoms with Gasteiger partial charge in [0, 0.05) is 18.8 Å². The van der Waals surface area contributed by atoms with Crippen molar-refractivity contribution >= 4 is 29.6 Å². The molecule has 0 bridgehead atoms. The monoisotopic (exact) mass is 534 g/mol. The van der Waals surface area contributed by atoms with Gasteiger partial charge in [-0.1, -0.05) is 32.8 Å². The first-order chi connectivity index (χ1) is 17.9. The van der Waals surface area contributed by atoms with E-state index in [9.17, 15) is 24.0 Å². The number of rotatable bonds is 14. The third-order valence-electron chi connectivity index (χ3n) is 5.50. The van der Waals surface area contributed by atoms with Crippen molar-refractivity contribution < 1.29 is 28.7 Å². The Morgan fingerprint density at radius 1 is 1.11 bits per heavy atom. The van der Waals surface area contributed by atoms with E-state index in [1.807, 2.05) is 0 Å². The molecule has 0 fully saturated rings. The molecule has 0 radical (unpaired) electrons. The summed E-state index contributed by atoms with van der Waals surface area (Å²) in [4.78, 5) is 62.2. The Balaban J connectivity index is 2.95. The van der Waals surface area contributed by atoms with E-state index in [1.165, 1.54) is 29.0 Å². The van der Waals surface area contributed by atoms with Crippen molar-refractivity contribution in [1.82, 2.24) is 15.2 Å². The molecule has 212 valence electrons. The van der Waals surface area contributed by atoms with Gasteiger partial charge in [-0.3, -0.25) is 14.4 Å². The van der Waals surface area contributed by atoms with Crippen LogP contribution in [0.2, 0.25) is 0 Å². The summed E-state index contributed by atoms with van der Waals surface area (Å²) in [6.07, 6.45) is 5.71. The van der Waals surface area contributed by atoms with Crippen molar-refractivity contribution in [3.05, 3.63) is 40.8 Å². The van der Waals surface area contributed by atoms with E-state index in [-0.39, 0.29) is 37.6 Å². The van der Waals surface area contributed by atoms with Gasteiger partial charge in [0.1, 0.15) is 23.9 Å². The highest BCUT2D eigenvalue weighted by atomic mass is 16.6. The quantitative estimate of drug-likeness (QED) is 0.246. The van der Waals surface area contributed by atoms with Crippen molar-refractivity contribution in [2.45, 2.75) is 85.4 Å². The fourth-order valence-corrected chi connectivity index (χ4v) is 3.37. The third-order valence-corrected chi connectivity index (χ3v) is 5.50. The van der Waals surface area contributed by atoms with Crippen molar-refractivity contribution in [1.29, 1.82) is 0 Å². The van der Waals surface area contributed by atoms with Gasteiger partial charge in [-0.15, -0.1) is 0 Å². The number of alkyl carbamates (subject to hydrolysis) is 1. The number of carbonyl (C=O) groups excluding carboxylic acids is 4. The zero-order chi connectivity index (χ0) is 28.7. The lowest BCUT2D eigenvalue weighted by molar-refractivity contribution is -0.137. The second kappa shape index (κ2) is 16.3. The number of aromatic nitrogens is 1. The number of nitrogens with zero attached hydrogens (tertiary/aromatic N) is 1. The van der Waals surface area contributed by atoms with E-state index in [4.69, 9.17) is 9.47 Å². The number of allylic oxidation sites excluding steroid dienone is 1. The van der Waals surface area contributed by atoms with E-state index in [1.54, 1.807) is 33.8 Å². The third kappa shape index (κ3) is 12.6. The Bertz CT molecular complexity index is 1020. The largest absolute Gasteiger partial charge is 0.463 e. The van der Waals surface area contributed by atoms with Gasteiger partial charge in [0.15, 0.2) is 0 Å². The second-order valence-electron chi connectivity index (χ2n) is 9.76. The fourth-order valence-electron chi connectivity index (χ4n) is 3.37. The molecule has 3 N–H and O–H groups in total. The average Bonchev–Trinajstić information content (AvgIpc) is 2.83. The number of esters is 1. The minimum Gasteiger partial charge on any atom is -0.463 e. The van der Waals surface area contributed by atoms with Crippen LogP contribution in [0.3, 0.4) is 0 Å². The van der Waals surface area contributed by atoms with E-state index in [0.717, 1.165) is 12.8 Å².